The molecule has 0 aliphatic rings. The largest absolute Gasteiger partial charge is 0.707 e. The van der Waals surface area contributed by atoms with E-state index in [-0.39, 0.29) is 11.5 Å². The molecule has 4 nitrogen and oxygen atoms in total. The third kappa shape index (κ3) is 4.08. The molecule has 0 amide bonds. The second-order valence-electron chi connectivity index (χ2n) is 3.74. The van der Waals surface area contributed by atoms with Crippen molar-refractivity contribution in [3.63, 3.8) is 0 Å². The van der Waals surface area contributed by atoms with Crippen molar-refractivity contribution < 1.29 is 23.8 Å². The van der Waals surface area contributed by atoms with Crippen LogP contribution in [-0.2, 0) is 0 Å². The number of ether oxygens (including phenoxy) is 1. The lowest BCUT2D eigenvalue weighted by Gasteiger charge is -2.10. The van der Waals surface area contributed by atoms with Crippen LogP contribution in [0.1, 0.15) is 13.8 Å². The highest BCUT2D eigenvalue weighted by molar-refractivity contribution is 6.33. The molecule has 6 heteroatoms. The molecule has 0 spiro atoms. The summed E-state index contributed by atoms with van der Waals surface area (Å²) in [6.07, 6.45) is 0. The summed E-state index contributed by atoms with van der Waals surface area (Å²) in [7, 11) is -1.96. The summed E-state index contributed by atoms with van der Waals surface area (Å²) in [5, 5.41) is 17.0. The zero-order chi connectivity index (χ0) is 12.1. The number of hydrogen-bond acceptors (Lipinski definition) is 4. The van der Waals surface area contributed by atoms with Crippen LogP contribution in [0.2, 0.25) is 0 Å². The van der Waals surface area contributed by atoms with Gasteiger partial charge < -0.3 is 19.4 Å². The van der Waals surface area contributed by atoms with E-state index in [9.17, 15) is 4.39 Å². The quantitative estimate of drug-likeness (QED) is 0.743. The lowest BCUT2D eigenvalue weighted by atomic mass is 10.2. The molecule has 0 atom stereocenters. The van der Waals surface area contributed by atoms with Crippen molar-refractivity contribution in [1.82, 2.24) is 0 Å². The molecule has 16 heavy (non-hydrogen) atoms. The molecule has 1 aromatic carbocycles. The van der Waals surface area contributed by atoms with Gasteiger partial charge in [0, 0.05) is 6.07 Å². The Hall–Kier alpha value is -1.27. The lowest BCUT2D eigenvalue weighted by Crippen LogP contribution is -2.20. The van der Waals surface area contributed by atoms with E-state index in [4.69, 9.17) is 14.8 Å². The zero-order valence-corrected chi connectivity index (χ0v) is 9.18. The Morgan fingerprint density at radius 3 is 2.56 bits per heavy atom. The highest BCUT2D eigenvalue weighted by atomic mass is 19.1. The Bertz CT molecular complexity index is 344. The second kappa shape index (κ2) is 5.72. The van der Waals surface area contributed by atoms with Gasteiger partial charge in [0.15, 0.2) is 11.6 Å². The molecule has 1 aromatic rings. The van der Waals surface area contributed by atoms with Gasteiger partial charge in [0.05, 0.1) is 6.61 Å². The van der Waals surface area contributed by atoms with Crippen LogP contribution in [0.5, 0.6) is 11.5 Å². The van der Waals surface area contributed by atoms with Gasteiger partial charge in [0.1, 0.15) is 5.75 Å². The van der Waals surface area contributed by atoms with E-state index in [2.05, 4.69) is 4.65 Å². The Morgan fingerprint density at radius 2 is 2.06 bits per heavy atom. The van der Waals surface area contributed by atoms with Crippen LogP contribution in [0.15, 0.2) is 18.2 Å². The minimum Gasteiger partial charge on any atom is -0.512 e. The molecule has 0 aromatic heterocycles. The van der Waals surface area contributed by atoms with Gasteiger partial charge in [0.25, 0.3) is 0 Å². The van der Waals surface area contributed by atoms with Crippen LogP contribution in [0, 0.1) is 11.7 Å². The Kier molecular flexibility index (Phi) is 4.58. The van der Waals surface area contributed by atoms with E-state index >= 15 is 0 Å². The fourth-order valence-corrected chi connectivity index (χ4v) is 1.05. The Labute approximate surface area is 93.8 Å². The van der Waals surface area contributed by atoms with Gasteiger partial charge in [-0.2, -0.15) is 0 Å². The molecule has 0 saturated heterocycles. The fraction of sp³-hybridized carbons (Fsp3) is 0.400. The van der Waals surface area contributed by atoms with E-state index in [1.165, 1.54) is 12.1 Å². The zero-order valence-electron chi connectivity index (χ0n) is 9.18. The van der Waals surface area contributed by atoms with Gasteiger partial charge in [-0.15, -0.1) is 0 Å². The van der Waals surface area contributed by atoms with Gasteiger partial charge in [-0.05, 0) is 18.1 Å². The van der Waals surface area contributed by atoms with Crippen molar-refractivity contribution in [2.45, 2.75) is 13.8 Å². The van der Waals surface area contributed by atoms with Gasteiger partial charge in [-0.25, -0.2) is 4.39 Å². The number of hydrogen-bond donors (Lipinski definition) is 2. The first-order valence-electron chi connectivity index (χ1n) is 4.94. The van der Waals surface area contributed by atoms with E-state index in [0.29, 0.717) is 12.5 Å². The topological polar surface area (TPSA) is 58.9 Å². The van der Waals surface area contributed by atoms with Crippen LogP contribution in [-0.4, -0.2) is 24.0 Å². The summed E-state index contributed by atoms with van der Waals surface area (Å²) < 4.78 is 23.1. The Balaban J connectivity index is 2.67. The van der Waals surface area contributed by atoms with E-state index in [0.717, 1.165) is 6.07 Å². The third-order valence-corrected chi connectivity index (χ3v) is 1.72. The first kappa shape index (κ1) is 12.8. The molecule has 0 saturated carbocycles. The minimum absolute atomic E-state index is 0.0318. The van der Waals surface area contributed by atoms with E-state index in [1.54, 1.807) is 0 Å². The predicted molar refractivity (Wildman–Crippen MR) is 57.6 cm³/mol. The molecule has 2 N–H and O–H groups in total. The summed E-state index contributed by atoms with van der Waals surface area (Å²) in [5.74, 6) is -0.147. The summed E-state index contributed by atoms with van der Waals surface area (Å²) >= 11 is 0. The number of halogens is 1. The molecule has 0 bridgehead atoms. The van der Waals surface area contributed by atoms with Crippen LogP contribution >= 0.6 is 0 Å². The molecule has 0 unspecified atom stereocenters. The average molecular weight is 228 g/mol. The molecule has 0 heterocycles. The molecular weight excluding hydrogens is 214 g/mol. The summed E-state index contributed by atoms with van der Waals surface area (Å²) in [6, 6.07) is 3.82. The van der Waals surface area contributed by atoms with Gasteiger partial charge in [-0.1, -0.05) is 13.8 Å². The van der Waals surface area contributed by atoms with Gasteiger partial charge in [0.2, 0.25) is 0 Å². The number of benzene rings is 1. The molecular formula is C10H14BFO4. The normalized spacial score (nSPS) is 10.4. The number of rotatable bonds is 5. The van der Waals surface area contributed by atoms with Crippen molar-refractivity contribution in [3.05, 3.63) is 24.0 Å². The highest BCUT2D eigenvalue weighted by Gasteiger charge is 2.13. The van der Waals surface area contributed by atoms with Crippen molar-refractivity contribution >= 4 is 7.32 Å². The maximum atomic E-state index is 13.4. The van der Waals surface area contributed by atoms with Crippen LogP contribution in [0.25, 0.3) is 0 Å². The lowest BCUT2D eigenvalue weighted by molar-refractivity contribution is 0.257. The first-order valence-corrected chi connectivity index (χ1v) is 4.94. The molecule has 88 valence electrons. The monoisotopic (exact) mass is 228 g/mol. The summed E-state index contributed by atoms with van der Waals surface area (Å²) in [6.45, 7) is 4.33. The minimum atomic E-state index is -1.96. The van der Waals surface area contributed by atoms with Crippen molar-refractivity contribution in [1.29, 1.82) is 0 Å². The molecule has 0 aliphatic heterocycles. The standard InChI is InChI=1S/C10H14BFO4/c1-7(2)6-15-10-4-3-8(5-9(10)12)16-11(13)14/h3-5,7,13-14H,6H2,1-2H3. The maximum absolute atomic E-state index is 13.4. The smallest absolute Gasteiger partial charge is 0.512 e. The highest BCUT2D eigenvalue weighted by Crippen LogP contribution is 2.23. The SMILES string of the molecule is CC(C)COc1ccc(OB(O)O)cc1F. The van der Waals surface area contributed by atoms with Gasteiger partial charge >= 0.3 is 7.32 Å². The second-order valence-corrected chi connectivity index (χ2v) is 3.74. The van der Waals surface area contributed by atoms with Crippen molar-refractivity contribution in [2.24, 2.45) is 5.92 Å². The Morgan fingerprint density at radius 1 is 1.38 bits per heavy atom. The van der Waals surface area contributed by atoms with Crippen molar-refractivity contribution in [3.8, 4) is 11.5 Å². The summed E-state index contributed by atoms with van der Waals surface area (Å²) in [5.41, 5.74) is 0. The van der Waals surface area contributed by atoms with E-state index < -0.39 is 13.1 Å². The van der Waals surface area contributed by atoms with Crippen LogP contribution in [0.4, 0.5) is 4.39 Å². The van der Waals surface area contributed by atoms with Crippen molar-refractivity contribution in [2.75, 3.05) is 6.61 Å². The first-order chi connectivity index (χ1) is 7.49. The third-order valence-electron chi connectivity index (χ3n) is 1.72. The fourth-order valence-electron chi connectivity index (χ4n) is 1.05. The molecule has 0 fully saturated rings. The molecule has 0 aliphatic carbocycles. The maximum Gasteiger partial charge on any atom is 0.707 e. The average Bonchev–Trinajstić information content (AvgIpc) is 2.15. The molecule has 0 radical (unpaired) electrons. The van der Waals surface area contributed by atoms with Crippen LogP contribution in [0.3, 0.4) is 0 Å². The van der Waals surface area contributed by atoms with Gasteiger partial charge in [-0.3, -0.25) is 0 Å². The van der Waals surface area contributed by atoms with E-state index in [1.807, 2.05) is 13.8 Å². The molecule has 1 rings (SSSR count). The summed E-state index contributed by atoms with van der Waals surface area (Å²) in [4.78, 5) is 0. The van der Waals surface area contributed by atoms with Crippen LogP contribution < -0.4 is 9.39 Å². The predicted octanol–water partition coefficient (Wildman–Crippen LogP) is 1.21.